The first-order valence-corrected chi connectivity index (χ1v) is 11.1. The van der Waals surface area contributed by atoms with Crippen molar-refractivity contribution < 1.29 is 14.2 Å². The molecule has 1 aromatic heterocycles. The third-order valence-corrected chi connectivity index (χ3v) is 5.39. The number of hydrogen-bond donors (Lipinski definition) is 2. The minimum absolute atomic E-state index is 0. The van der Waals surface area contributed by atoms with Crippen LogP contribution >= 0.6 is 24.0 Å². The molecule has 1 saturated heterocycles. The third-order valence-electron chi connectivity index (χ3n) is 5.39. The van der Waals surface area contributed by atoms with Gasteiger partial charge in [0.15, 0.2) is 5.96 Å². The van der Waals surface area contributed by atoms with E-state index in [0.29, 0.717) is 25.1 Å². The average molecular weight is 569 g/mol. The number of guanidine groups is 1. The molecule has 2 N–H and O–H groups in total. The van der Waals surface area contributed by atoms with Crippen LogP contribution in [-0.4, -0.2) is 62.8 Å². The van der Waals surface area contributed by atoms with Crippen molar-refractivity contribution in [3.8, 4) is 17.4 Å². The second kappa shape index (κ2) is 14.1. The van der Waals surface area contributed by atoms with Crippen molar-refractivity contribution in [2.24, 2.45) is 4.99 Å². The second-order valence-electron chi connectivity index (χ2n) is 7.83. The Morgan fingerprint density at radius 3 is 2.64 bits per heavy atom. The van der Waals surface area contributed by atoms with E-state index in [-0.39, 0.29) is 24.0 Å². The van der Waals surface area contributed by atoms with Crippen molar-refractivity contribution in [2.75, 3.05) is 41.0 Å². The van der Waals surface area contributed by atoms with Crippen LogP contribution in [0.4, 0.5) is 0 Å². The summed E-state index contributed by atoms with van der Waals surface area (Å²) in [5.74, 6) is 3.09. The number of pyridine rings is 1. The van der Waals surface area contributed by atoms with Gasteiger partial charge in [0.1, 0.15) is 11.5 Å². The molecule has 0 bridgehead atoms. The minimum Gasteiger partial charge on any atom is -0.497 e. The highest BCUT2D eigenvalue weighted by atomic mass is 127. The van der Waals surface area contributed by atoms with Gasteiger partial charge in [0.05, 0.1) is 20.8 Å². The number of aliphatic imine (C=N–C) groups is 1. The fourth-order valence-electron chi connectivity index (χ4n) is 3.76. The van der Waals surface area contributed by atoms with Gasteiger partial charge >= 0.3 is 0 Å². The number of rotatable bonds is 10. The topological polar surface area (TPSA) is 80.2 Å². The van der Waals surface area contributed by atoms with Crippen LogP contribution in [0.3, 0.4) is 0 Å². The van der Waals surface area contributed by atoms with Crippen LogP contribution in [0.25, 0.3) is 0 Å². The van der Waals surface area contributed by atoms with Gasteiger partial charge in [-0.1, -0.05) is 13.0 Å². The average Bonchev–Trinajstić information content (AvgIpc) is 3.27. The summed E-state index contributed by atoms with van der Waals surface area (Å²) in [6, 6.07) is 10.3. The SMILES string of the molecule is CCCOc1ncccc1CNC(=NC)NC1CCN(Cc2cc(OC)cc(OC)c2)C1.I. The molecule has 1 atom stereocenters. The molecule has 0 saturated carbocycles. The van der Waals surface area contributed by atoms with Crippen LogP contribution in [0.15, 0.2) is 41.5 Å². The quantitative estimate of drug-likeness (QED) is 0.258. The van der Waals surface area contributed by atoms with E-state index in [1.807, 2.05) is 18.2 Å². The van der Waals surface area contributed by atoms with Crippen LogP contribution < -0.4 is 24.8 Å². The Hall–Kier alpha value is -2.27. The highest BCUT2D eigenvalue weighted by molar-refractivity contribution is 14.0. The number of benzene rings is 1. The largest absolute Gasteiger partial charge is 0.497 e. The van der Waals surface area contributed by atoms with Gasteiger partial charge in [0.25, 0.3) is 0 Å². The molecular weight excluding hydrogens is 533 g/mol. The standard InChI is InChI=1S/C24H35N5O3.HI/c1-5-11-32-23-19(7-6-9-26-23)15-27-24(25-2)28-20-8-10-29(17-20)16-18-12-21(30-3)14-22(13-18)31-4;/h6-7,9,12-14,20H,5,8,10-11,15-17H2,1-4H3,(H2,25,27,28);1H. The highest BCUT2D eigenvalue weighted by Crippen LogP contribution is 2.24. The van der Waals surface area contributed by atoms with Crippen LogP contribution in [0.2, 0.25) is 0 Å². The molecule has 3 rings (SSSR count). The molecule has 1 aliphatic rings. The van der Waals surface area contributed by atoms with Gasteiger partial charge in [-0.15, -0.1) is 24.0 Å². The predicted octanol–water partition coefficient (Wildman–Crippen LogP) is 3.45. The van der Waals surface area contributed by atoms with Crippen LogP contribution in [0, 0.1) is 0 Å². The van der Waals surface area contributed by atoms with Gasteiger partial charge in [-0.05, 0) is 36.6 Å². The lowest BCUT2D eigenvalue weighted by Gasteiger charge is -2.20. The zero-order valence-electron chi connectivity index (χ0n) is 20.0. The summed E-state index contributed by atoms with van der Waals surface area (Å²) in [7, 11) is 5.15. The van der Waals surface area contributed by atoms with E-state index >= 15 is 0 Å². The number of aromatic nitrogens is 1. The van der Waals surface area contributed by atoms with Crippen molar-refractivity contribution in [3.63, 3.8) is 0 Å². The van der Waals surface area contributed by atoms with E-state index in [0.717, 1.165) is 55.5 Å². The van der Waals surface area contributed by atoms with Gasteiger partial charge in [0, 0.05) is 57.1 Å². The molecule has 0 radical (unpaired) electrons. The van der Waals surface area contributed by atoms with Crippen LogP contribution in [0.1, 0.15) is 30.9 Å². The summed E-state index contributed by atoms with van der Waals surface area (Å²) in [6.07, 6.45) is 3.76. The molecule has 1 unspecified atom stereocenters. The number of halogens is 1. The highest BCUT2D eigenvalue weighted by Gasteiger charge is 2.23. The van der Waals surface area contributed by atoms with Crippen molar-refractivity contribution in [1.29, 1.82) is 0 Å². The Balaban J connectivity index is 0.00000385. The number of methoxy groups -OCH3 is 2. The first kappa shape index (κ1) is 27.0. The van der Waals surface area contributed by atoms with Gasteiger partial charge in [-0.25, -0.2) is 4.98 Å². The molecule has 9 heteroatoms. The van der Waals surface area contributed by atoms with Gasteiger partial charge in [0.2, 0.25) is 5.88 Å². The monoisotopic (exact) mass is 569 g/mol. The Morgan fingerprint density at radius 2 is 1.97 bits per heavy atom. The molecule has 1 aliphatic heterocycles. The molecule has 182 valence electrons. The van der Waals surface area contributed by atoms with E-state index in [4.69, 9.17) is 14.2 Å². The molecule has 0 aliphatic carbocycles. The zero-order valence-corrected chi connectivity index (χ0v) is 22.3. The maximum Gasteiger partial charge on any atom is 0.218 e. The van der Waals surface area contributed by atoms with E-state index in [9.17, 15) is 0 Å². The summed E-state index contributed by atoms with van der Waals surface area (Å²) < 4.78 is 16.5. The van der Waals surface area contributed by atoms with Crippen LogP contribution in [0.5, 0.6) is 17.4 Å². The number of likely N-dealkylation sites (tertiary alicyclic amines) is 1. The van der Waals surface area contributed by atoms with Gasteiger partial charge in [-0.2, -0.15) is 0 Å². The predicted molar refractivity (Wildman–Crippen MR) is 142 cm³/mol. The summed E-state index contributed by atoms with van der Waals surface area (Å²) >= 11 is 0. The third kappa shape index (κ3) is 8.22. The lowest BCUT2D eigenvalue weighted by molar-refractivity contribution is 0.301. The first-order valence-electron chi connectivity index (χ1n) is 11.1. The number of nitrogens with zero attached hydrogens (tertiary/aromatic N) is 3. The summed E-state index contributed by atoms with van der Waals surface area (Å²) in [5, 5.41) is 6.94. The van der Waals surface area contributed by atoms with E-state index in [1.54, 1.807) is 27.5 Å². The van der Waals surface area contributed by atoms with Crippen molar-refractivity contribution in [2.45, 2.75) is 38.9 Å². The van der Waals surface area contributed by atoms with Crippen LogP contribution in [-0.2, 0) is 13.1 Å². The van der Waals surface area contributed by atoms with E-state index in [1.165, 1.54) is 5.56 Å². The Kier molecular flexibility index (Phi) is 11.5. The Bertz CT molecular complexity index is 874. The van der Waals surface area contributed by atoms with Crippen molar-refractivity contribution in [1.82, 2.24) is 20.5 Å². The van der Waals surface area contributed by atoms with Crippen molar-refractivity contribution in [3.05, 3.63) is 47.7 Å². The Morgan fingerprint density at radius 1 is 1.21 bits per heavy atom. The Labute approximate surface area is 214 Å². The maximum absolute atomic E-state index is 5.75. The first-order chi connectivity index (χ1) is 15.6. The summed E-state index contributed by atoms with van der Waals surface area (Å²) in [4.78, 5) is 11.2. The number of nitrogens with one attached hydrogen (secondary N) is 2. The minimum atomic E-state index is 0. The molecule has 33 heavy (non-hydrogen) atoms. The lowest BCUT2D eigenvalue weighted by atomic mass is 10.2. The number of ether oxygens (including phenoxy) is 3. The fraction of sp³-hybridized carbons (Fsp3) is 0.500. The molecule has 1 fully saturated rings. The lowest BCUT2D eigenvalue weighted by Crippen LogP contribution is -2.44. The van der Waals surface area contributed by atoms with Gasteiger partial charge in [-0.3, -0.25) is 9.89 Å². The molecular formula is C24H36IN5O3. The molecule has 0 spiro atoms. The molecule has 2 heterocycles. The van der Waals surface area contributed by atoms with E-state index < -0.39 is 0 Å². The fourth-order valence-corrected chi connectivity index (χ4v) is 3.76. The normalized spacial score (nSPS) is 16.1. The molecule has 8 nitrogen and oxygen atoms in total. The molecule has 1 aromatic carbocycles. The zero-order chi connectivity index (χ0) is 22.8. The summed E-state index contributed by atoms with van der Waals surface area (Å²) in [5.41, 5.74) is 2.20. The number of hydrogen-bond acceptors (Lipinski definition) is 6. The van der Waals surface area contributed by atoms with E-state index in [2.05, 4.69) is 44.6 Å². The van der Waals surface area contributed by atoms with Gasteiger partial charge < -0.3 is 24.8 Å². The second-order valence-corrected chi connectivity index (χ2v) is 7.83. The summed E-state index contributed by atoms with van der Waals surface area (Å²) in [6.45, 7) is 6.17. The smallest absolute Gasteiger partial charge is 0.218 e. The maximum atomic E-state index is 5.75. The molecule has 0 amide bonds. The van der Waals surface area contributed by atoms with Crippen molar-refractivity contribution >= 4 is 29.9 Å². The molecule has 2 aromatic rings.